The molecule has 0 bridgehead atoms. The molecule has 0 radical (unpaired) electrons. The summed E-state index contributed by atoms with van der Waals surface area (Å²) in [6.45, 7) is 37.2. The second-order valence-electron chi connectivity index (χ2n) is 20.7. The van der Waals surface area contributed by atoms with Crippen LogP contribution in [0, 0.1) is 5.41 Å². The molecule has 0 heteroatoms. The smallest absolute Gasteiger partial charge is 0.0343 e. The predicted octanol–water partition coefficient (Wildman–Crippen LogP) is 15.7. The first-order valence-corrected chi connectivity index (χ1v) is 20.6. The highest BCUT2D eigenvalue weighted by Crippen LogP contribution is 2.45. The van der Waals surface area contributed by atoms with Crippen LogP contribution in [0.2, 0.25) is 0 Å². The van der Waals surface area contributed by atoms with Crippen molar-refractivity contribution in [1.29, 1.82) is 0 Å². The van der Waals surface area contributed by atoms with Crippen molar-refractivity contribution in [3.63, 3.8) is 0 Å². The first-order valence-electron chi connectivity index (χ1n) is 20.6. The fourth-order valence-electron chi connectivity index (χ4n) is 7.94. The molecule has 0 aliphatic heterocycles. The molecular weight excluding hydrogens is 649 g/mol. The normalized spacial score (nSPS) is 15.4. The monoisotopic (exact) mass is 719 g/mol. The van der Waals surface area contributed by atoms with E-state index >= 15 is 0 Å². The Bertz CT molecular complexity index is 1950. The molecule has 1 aliphatic carbocycles. The quantitative estimate of drug-likeness (QED) is 0.167. The Morgan fingerprint density at radius 3 is 1.24 bits per heavy atom. The fraction of sp³-hybridized carbons (Fsp3) is 0.444. The molecule has 0 aromatic heterocycles. The van der Waals surface area contributed by atoms with Crippen molar-refractivity contribution in [2.24, 2.45) is 5.41 Å². The maximum Gasteiger partial charge on any atom is 0.0343 e. The van der Waals surface area contributed by atoms with Crippen LogP contribution in [0.3, 0.4) is 0 Å². The highest BCUT2D eigenvalue weighted by molar-refractivity contribution is 5.87. The van der Waals surface area contributed by atoms with E-state index in [1.54, 1.807) is 0 Å². The number of hydrogen-bond acceptors (Lipinski definition) is 0. The molecule has 0 heterocycles. The standard InChI is InChI=1S/C54H70/c1-35(2)45-33-46(36(3)4)48(50(39-21-29-43(30-22-39)53(11,12)13)40-23-31-44(32-24-40)54(14,15)16)34-47(45)49(37-17-25-41(26-18-37)51(5,6)7)38-19-27-42(28-20-38)52(8,9)10/h17-23,25-36,49H,24H2,1-16H3/b50-40+. The maximum absolute atomic E-state index is 2.61. The largest absolute Gasteiger partial charge is 0.0764 e. The van der Waals surface area contributed by atoms with Gasteiger partial charge < -0.3 is 0 Å². The van der Waals surface area contributed by atoms with Crippen LogP contribution in [-0.2, 0) is 16.2 Å². The third-order valence-corrected chi connectivity index (χ3v) is 11.5. The Morgan fingerprint density at radius 1 is 0.463 bits per heavy atom. The molecule has 286 valence electrons. The fourth-order valence-corrected chi connectivity index (χ4v) is 7.94. The summed E-state index contributed by atoms with van der Waals surface area (Å²) >= 11 is 0. The van der Waals surface area contributed by atoms with Crippen molar-refractivity contribution in [2.45, 2.75) is 151 Å². The molecule has 4 aromatic carbocycles. The molecule has 0 spiro atoms. The molecule has 0 saturated carbocycles. The van der Waals surface area contributed by atoms with E-state index in [0.29, 0.717) is 11.8 Å². The van der Waals surface area contributed by atoms with Gasteiger partial charge in [-0.1, -0.05) is 208 Å². The van der Waals surface area contributed by atoms with Crippen LogP contribution in [0.25, 0.3) is 5.57 Å². The van der Waals surface area contributed by atoms with Gasteiger partial charge in [-0.25, -0.2) is 0 Å². The lowest BCUT2D eigenvalue weighted by molar-refractivity contribution is 0.514. The van der Waals surface area contributed by atoms with Crippen molar-refractivity contribution in [2.75, 3.05) is 0 Å². The molecule has 54 heavy (non-hydrogen) atoms. The second-order valence-corrected chi connectivity index (χ2v) is 20.7. The van der Waals surface area contributed by atoms with Crippen molar-refractivity contribution >= 4 is 5.57 Å². The lowest BCUT2D eigenvalue weighted by Gasteiger charge is -2.30. The first kappa shape index (κ1) is 41.3. The summed E-state index contributed by atoms with van der Waals surface area (Å²) in [6, 6.07) is 33.7. The minimum atomic E-state index is 0.0917. The molecular formula is C54H70. The van der Waals surface area contributed by atoms with Gasteiger partial charge in [-0.2, -0.15) is 0 Å². The van der Waals surface area contributed by atoms with Crippen LogP contribution < -0.4 is 0 Å². The van der Waals surface area contributed by atoms with Gasteiger partial charge in [-0.15, -0.1) is 0 Å². The molecule has 5 rings (SSSR count). The highest BCUT2D eigenvalue weighted by atomic mass is 14.3. The Labute approximate surface area is 330 Å². The van der Waals surface area contributed by atoms with Gasteiger partial charge in [0.05, 0.1) is 0 Å². The van der Waals surface area contributed by atoms with Crippen LogP contribution in [-0.4, -0.2) is 0 Å². The van der Waals surface area contributed by atoms with Crippen molar-refractivity contribution in [3.8, 4) is 0 Å². The number of rotatable bonds is 7. The molecule has 0 unspecified atom stereocenters. The SMILES string of the molecule is CC(C)c1cc(C(C)C)c(C(c2ccc(C(C)(C)C)cc2)c2ccc(C(C)(C)C)cc2)cc1/C(=C1\C=CC(C(C)(C)C)=CC1)c1ccc(C(C)(C)C)cc1. The zero-order chi connectivity index (χ0) is 40.0. The molecule has 0 amide bonds. The minimum Gasteiger partial charge on any atom is -0.0764 e. The minimum absolute atomic E-state index is 0.0917. The van der Waals surface area contributed by atoms with E-state index in [0.717, 1.165) is 6.42 Å². The first-order chi connectivity index (χ1) is 25.0. The van der Waals surface area contributed by atoms with Crippen LogP contribution in [0.5, 0.6) is 0 Å². The average molecular weight is 719 g/mol. The lowest BCUT2D eigenvalue weighted by atomic mass is 9.74. The molecule has 0 fully saturated rings. The molecule has 0 saturated heterocycles. The third-order valence-electron chi connectivity index (χ3n) is 11.5. The summed E-state index contributed by atoms with van der Waals surface area (Å²) in [5, 5.41) is 0. The van der Waals surface area contributed by atoms with Gasteiger partial charge in [-0.05, 0) is 118 Å². The zero-order valence-electron chi connectivity index (χ0n) is 36.8. The van der Waals surface area contributed by atoms with Gasteiger partial charge in [0.25, 0.3) is 0 Å². The van der Waals surface area contributed by atoms with E-state index in [2.05, 4.69) is 214 Å². The van der Waals surface area contributed by atoms with Crippen LogP contribution in [0.1, 0.15) is 191 Å². The van der Waals surface area contributed by atoms with Crippen LogP contribution in [0.4, 0.5) is 0 Å². The highest BCUT2D eigenvalue weighted by Gasteiger charge is 2.28. The van der Waals surface area contributed by atoms with Gasteiger partial charge in [0.15, 0.2) is 0 Å². The summed E-state index contributed by atoms with van der Waals surface area (Å²) in [6.07, 6.45) is 8.18. The van der Waals surface area contributed by atoms with Gasteiger partial charge in [0.2, 0.25) is 0 Å². The van der Waals surface area contributed by atoms with E-state index in [1.165, 1.54) is 72.4 Å². The van der Waals surface area contributed by atoms with E-state index in [9.17, 15) is 0 Å². The van der Waals surface area contributed by atoms with E-state index < -0.39 is 0 Å². The topological polar surface area (TPSA) is 0 Å². The summed E-state index contributed by atoms with van der Waals surface area (Å²) < 4.78 is 0. The molecule has 0 N–H and O–H groups in total. The van der Waals surface area contributed by atoms with E-state index in [4.69, 9.17) is 0 Å². The van der Waals surface area contributed by atoms with Gasteiger partial charge in [0.1, 0.15) is 0 Å². The molecule has 0 nitrogen and oxygen atoms in total. The summed E-state index contributed by atoms with van der Waals surface area (Å²) in [7, 11) is 0. The van der Waals surface area contributed by atoms with Crippen molar-refractivity contribution in [1.82, 2.24) is 0 Å². The second kappa shape index (κ2) is 15.3. The van der Waals surface area contributed by atoms with Gasteiger partial charge >= 0.3 is 0 Å². The van der Waals surface area contributed by atoms with Crippen LogP contribution >= 0.6 is 0 Å². The maximum atomic E-state index is 2.61. The predicted molar refractivity (Wildman–Crippen MR) is 238 cm³/mol. The Morgan fingerprint density at radius 2 is 0.889 bits per heavy atom. The van der Waals surface area contributed by atoms with Gasteiger partial charge in [0, 0.05) is 5.92 Å². The van der Waals surface area contributed by atoms with E-state index in [1.807, 2.05) is 0 Å². The number of benzene rings is 4. The third kappa shape index (κ3) is 9.13. The Hall–Kier alpha value is -3.90. The van der Waals surface area contributed by atoms with Gasteiger partial charge in [-0.3, -0.25) is 0 Å². The number of hydrogen-bond donors (Lipinski definition) is 0. The molecule has 4 aromatic rings. The average Bonchev–Trinajstić information content (AvgIpc) is 3.08. The Balaban J connectivity index is 1.86. The number of allylic oxidation sites excluding steroid dienone is 5. The summed E-state index contributed by atoms with van der Waals surface area (Å²) in [5.74, 6) is 0.819. The summed E-state index contributed by atoms with van der Waals surface area (Å²) in [4.78, 5) is 0. The van der Waals surface area contributed by atoms with Crippen molar-refractivity contribution in [3.05, 3.63) is 170 Å². The molecule has 0 atom stereocenters. The molecule has 1 aliphatic rings. The Kier molecular flexibility index (Phi) is 11.7. The lowest BCUT2D eigenvalue weighted by Crippen LogP contribution is -2.15. The van der Waals surface area contributed by atoms with E-state index in [-0.39, 0.29) is 27.6 Å². The van der Waals surface area contributed by atoms with Crippen molar-refractivity contribution < 1.29 is 0 Å². The van der Waals surface area contributed by atoms with Crippen LogP contribution in [0.15, 0.2) is 114 Å². The summed E-state index contributed by atoms with van der Waals surface area (Å²) in [5.41, 5.74) is 18.3. The zero-order valence-corrected chi connectivity index (χ0v) is 36.8.